The van der Waals surface area contributed by atoms with Gasteiger partial charge in [0.15, 0.2) is 11.0 Å². The number of hydrogen-bond acceptors (Lipinski definition) is 5. The van der Waals surface area contributed by atoms with E-state index < -0.39 is 6.09 Å². The van der Waals surface area contributed by atoms with Gasteiger partial charge in [-0.25, -0.2) is 4.79 Å². The van der Waals surface area contributed by atoms with E-state index in [-0.39, 0.29) is 11.7 Å². The first-order valence-corrected chi connectivity index (χ1v) is 7.39. The Morgan fingerprint density at radius 2 is 2.04 bits per heavy atom. The van der Waals surface area contributed by atoms with E-state index in [0.717, 1.165) is 10.5 Å². The second-order valence-electron chi connectivity index (χ2n) is 5.05. The predicted octanol–water partition coefficient (Wildman–Crippen LogP) is 2.78. The molecule has 0 spiro atoms. The van der Waals surface area contributed by atoms with Gasteiger partial charge in [0.1, 0.15) is 5.75 Å². The minimum absolute atomic E-state index is 0.126. The molecule has 0 aliphatic heterocycles. The number of hydrogen-bond donors (Lipinski definition) is 1. The fourth-order valence-corrected chi connectivity index (χ4v) is 2.49. The van der Waals surface area contributed by atoms with Gasteiger partial charge in [-0.1, -0.05) is 23.7 Å². The zero-order valence-electron chi connectivity index (χ0n) is 13.0. The van der Waals surface area contributed by atoms with Gasteiger partial charge >= 0.3 is 6.09 Å². The Kier molecular flexibility index (Phi) is 4.22. The molecule has 1 aromatic carbocycles. The minimum atomic E-state index is -1.13. The summed E-state index contributed by atoms with van der Waals surface area (Å²) < 4.78 is 6.52. The number of methoxy groups -OCH3 is 1. The number of ether oxygens (including phenoxy) is 1. The lowest BCUT2D eigenvalue weighted by molar-refractivity contribution is 0.201. The number of benzene rings is 1. The Morgan fingerprint density at radius 3 is 2.67 bits per heavy atom. The molecule has 9 heteroatoms. The fraction of sp³-hybridized carbons (Fsp3) is 0.200. The molecule has 1 amide bonds. The maximum atomic E-state index is 11.8. The third kappa shape index (κ3) is 2.95. The standard InChI is InChI=1S/C15H14ClN5O3/c1-9-17-18-14-12(7-13(16)19-21(9)14)20(15(22)23)8-10-3-5-11(24-2)6-4-10/h3-7H,8H2,1-2H3,(H,22,23). The van der Waals surface area contributed by atoms with Crippen LogP contribution in [-0.2, 0) is 6.54 Å². The topological polar surface area (TPSA) is 92.8 Å². The minimum Gasteiger partial charge on any atom is -0.497 e. The van der Waals surface area contributed by atoms with E-state index in [4.69, 9.17) is 16.3 Å². The molecular formula is C15H14ClN5O3. The Labute approximate surface area is 142 Å². The molecule has 0 aliphatic carbocycles. The van der Waals surface area contributed by atoms with Crippen LogP contribution in [0.5, 0.6) is 5.75 Å². The number of rotatable bonds is 4. The second-order valence-corrected chi connectivity index (χ2v) is 5.44. The first kappa shape index (κ1) is 16.0. The van der Waals surface area contributed by atoms with Gasteiger partial charge < -0.3 is 9.84 Å². The molecule has 0 saturated carbocycles. The summed E-state index contributed by atoms with van der Waals surface area (Å²) in [6.45, 7) is 1.84. The molecule has 3 aromatic rings. The summed E-state index contributed by atoms with van der Waals surface area (Å²) in [4.78, 5) is 12.9. The number of aryl methyl sites for hydroxylation is 1. The largest absolute Gasteiger partial charge is 0.497 e. The number of anilines is 1. The molecule has 0 radical (unpaired) electrons. The Morgan fingerprint density at radius 1 is 1.33 bits per heavy atom. The highest BCUT2D eigenvalue weighted by molar-refractivity contribution is 6.29. The number of carbonyl (C=O) groups is 1. The zero-order chi connectivity index (χ0) is 17.3. The maximum Gasteiger partial charge on any atom is 0.412 e. The summed E-state index contributed by atoms with van der Waals surface area (Å²) in [7, 11) is 1.57. The molecule has 8 nitrogen and oxygen atoms in total. The van der Waals surface area contributed by atoms with Crippen molar-refractivity contribution in [1.82, 2.24) is 19.8 Å². The highest BCUT2D eigenvalue weighted by atomic mass is 35.5. The van der Waals surface area contributed by atoms with Gasteiger partial charge in [0.2, 0.25) is 5.65 Å². The molecule has 2 aromatic heterocycles. The van der Waals surface area contributed by atoms with Gasteiger partial charge in [0, 0.05) is 6.07 Å². The number of aromatic nitrogens is 4. The summed E-state index contributed by atoms with van der Waals surface area (Å²) in [6.07, 6.45) is -1.13. The molecule has 1 N–H and O–H groups in total. The monoisotopic (exact) mass is 347 g/mol. The van der Waals surface area contributed by atoms with E-state index in [2.05, 4.69) is 15.3 Å². The molecule has 0 aliphatic rings. The Balaban J connectivity index is 2.03. The summed E-state index contributed by atoms with van der Waals surface area (Å²) in [6, 6.07) is 8.59. The highest BCUT2D eigenvalue weighted by Gasteiger charge is 2.21. The molecule has 124 valence electrons. The van der Waals surface area contributed by atoms with Crippen molar-refractivity contribution in [2.24, 2.45) is 0 Å². The van der Waals surface area contributed by atoms with Crippen LogP contribution in [0.2, 0.25) is 5.15 Å². The predicted molar refractivity (Wildman–Crippen MR) is 87.7 cm³/mol. The zero-order valence-corrected chi connectivity index (χ0v) is 13.7. The van der Waals surface area contributed by atoms with Crippen molar-refractivity contribution in [2.45, 2.75) is 13.5 Å². The Bertz CT molecular complexity index is 894. The lowest BCUT2D eigenvalue weighted by Crippen LogP contribution is -2.29. The molecule has 3 rings (SSSR count). The smallest absolute Gasteiger partial charge is 0.412 e. The first-order valence-electron chi connectivity index (χ1n) is 7.01. The van der Waals surface area contributed by atoms with E-state index in [1.54, 1.807) is 38.3 Å². The van der Waals surface area contributed by atoms with Crippen LogP contribution in [0, 0.1) is 6.92 Å². The van der Waals surface area contributed by atoms with Crippen LogP contribution in [0.1, 0.15) is 11.4 Å². The van der Waals surface area contributed by atoms with Gasteiger partial charge in [0.05, 0.1) is 19.3 Å². The van der Waals surface area contributed by atoms with E-state index in [9.17, 15) is 9.90 Å². The summed E-state index contributed by atoms with van der Waals surface area (Å²) >= 11 is 6.02. The molecule has 24 heavy (non-hydrogen) atoms. The van der Waals surface area contributed by atoms with E-state index in [0.29, 0.717) is 22.9 Å². The number of fused-ring (bicyclic) bond motifs is 1. The second kappa shape index (κ2) is 6.32. The third-order valence-corrected chi connectivity index (χ3v) is 3.68. The average Bonchev–Trinajstić information content (AvgIpc) is 2.93. The van der Waals surface area contributed by atoms with Crippen LogP contribution < -0.4 is 9.64 Å². The van der Waals surface area contributed by atoms with Crippen LogP contribution in [0.15, 0.2) is 30.3 Å². The van der Waals surface area contributed by atoms with Crippen LogP contribution in [0.25, 0.3) is 5.65 Å². The number of amides is 1. The van der Waals surface area contributed by atoms with Gasteiger partial charge in [-0.2, -0.15) is 9.61 Å². The number of nitrogens with zero attached hydrogens (tertiary/aromatic N) is 5. The van der Waals surface area contributed by atoms with Crippen molar-refractivity contribution in [1.29, 1.82) is 0 Å². The third-order valence-electron chi connectivity index (χ3n) is 3.50. The normalized spacial score (nSPS) is 10.8. The summed E-state index contributed by atoms with van der Waals surface area (Å²) in [5.41, 5.74) is 1.44. The van der Waals surface area contributed by atoms with Gasteiger partial charge in [-0.05, 0) is 24.6 Å². The van der Waals surface area contributed by atoms with E-state index in [1.165, 1.54) is 10.6 Å². The molecule has 0 bridgehead atoms. The first-order chi connectivity index (χ1) is 11.5. The van der Waals surface area contributed by atoms with Crippen molar-refractivity contribution < 1.29 is 14.6 Å². The van der Waals surface area contributed by atoms with Crippen molar-refractivity contribution in [2.75, 3.05) is 12.0 Å². The lowest BCUT2D eigenvalue weighted by atomic mass is 10.2. The molecule has 0 unspecified atom stereocenters. The van der Waals surface area contributed by atoms with Crippen LogP contribution in [-0.4, -0.2) is 38.1 Å². The average molecular weight is 348 g/mol. The highest BCUT2D eigenvalue weighted by Crippen LogP contribution is 2.25. The van der Waals surface area contributed by atoms with Crippen molar-refractivity contribution >= 4 is 29.0 Å². The quantitative estimate of drug-likeness (QED) is 0.780. The summed E-state index contributed by atoms with van der Waals surface area (Å²) in [5.74, 6) is 1.21. The van der Waals surface area contributed by atoms with Crippen molar-refractivity contribution in [3.8, 4) is 5.75 Å². The van der Waals surface area contributed by atoms with E-state index in [1.807, 2.05) is 0 Å². The van der Waals surface area contributed by atoms with Crippen LogP contribution in [0.4, 0.5) is 10.5 Å². The fourth-order valence-electron chi connectivity index (χ4n) is 2.31. The molecule has 2 heterocycles. The maximum absolute atomic E-state index is 11.8. The van der Waals surface area contributed by atoms with E-state index >= 15 is 0 Å². The summed E-state index contributed by atoms with van der Waals surface area (Å²) in [5, 5.41) is 21.8. The van der Waals surface area contributed by atoms with Crippen molar-refractivity contribution in [3.63, 3.8) is 0 Å². The van der Waals surface area contributed by atoms with Gasteiger partial charge in [-0.15, -0.1) is 10.2 Å². The van der Waals surface area contributed by atoms with Crippen LogP contribution in [0.3, 0.4) is 0 Å². The lowest BCUT2D eigenvalue weighted by Gasteiger charge is -2.20. The Hall–Kier alpha value is -2.87. The molecular weight excluding hydrogens is 334 g/mol. The van der Waals surface area contributed by atoms with Crippen LogP contribution >= 0.6 is 11.6 Å². The number of carboxylic acid groups (broad SMARTS) is 1. The molecule has 0 atom stereocenters. The SMILES string of the molecule is COc1ccc(CN(C(=O)O)c2cc(Cl)nn3c(C)nnc23)cc1. The molecule has 0 saturated heterocycles. The van der Waals surface area contributed by atoms with Gasteiger partial charge in [0.25, 0.3) is 0 Å². The van der Waals surface area contributed by atoms with Gasteiger partial charge in [-0.3, -0.25) is 4.90 Å². The number of halogens is 1. The van der Waals surface area contributed by atoms with Crippen molar-refractivity contribution in [3.05, 3.63) is 46.9 Å². The molecule has 0 fully saturated rings.